The van der Waals surface area contributed by atoms with E-state index in [2.05, 4.69) is 5.32 Å². The normalized spacial score (nSPS) is 27.5. The summed E-state index contributed by atoms with van der Waals surface area (Å²) < 4.78 is 0. The molecule has 2 fully saturated rings. The summed E-state index contributed by atoms with van der Waals surface area (Å²) in [7, 11) is 0. The molecule has 2 N–H and O–H groups in total. The third-order valence-corrected chi connectivity index (χ3v) is 4.20. The van der Waals surface area contributed by atoms with Gasteiger partial charge in [0, 0.05) is 43.8 Å². The van der Waals surface area contributed by atoms with E-state index in [1.165, 1.54) is 0 Å². The van der Waals surface area contributed by atoms with Gasteiger partial charge in [-0.15, -0.1) is 0 Å². The van der Waals surface area contributed by atoms with Gasteiger partial charge in [0.15, 0.2) is 0 Å². The number of nitrogens with zero attached hydrogens (tertiary/aromatic N) is 1. The second-order valence-corrected chi connectivity index (χ2v) is 5.28. The number of amides is 1. The number of hydrogen-bond acceptors (Lipinski definition) is 4. The maximum absolute atomic E-state index is 12.1. The number of aliphatic hydroxyl groups excluding tert-OH is 1. The van der Waals surface area contributed by atoms with Gasteiger partial charge < -0.3 is 15.3 Å². The Morgan fingerprint density at radius 1 is 1.53 bits per heavy atom. The number of aliphatic hydroxyl groups is 1. The van der Waals surface area contributed by atoms with Crippen LogP contribution in [0.15, 0.2) is 0 Å². The molecule has 1 atom stereocenters. The highest BCUT2D eigenvalue weighted by atomic mass is 32.2. The molecule has 15 heavy (non-hydrogen) atoms. The van der Waals surface area contributed by atoms with Gasteiger partial charge >= 0.3 is 0 Å². The number of hydrogen-bond donors (Lipinski definition) is 2. The Labute approximate surface area is 94.4 Å². The fourth-order valence-electron chi connectivity index (χ4n) is 2.03. The van der Waals surface area contributed by atoms with Crippen molar-refractivity contribution in [1.29, 1.82) is 0 Å². The van der Waals surface area contributed by atoms with Crippen molar-refractivity contribution < 1.29 is 9.90 Å². The summed E-state index contributed by atoms with van der Waals surface area (Å²) in [5, 5.41) is 12.1. The molecule has 0 aliphatic carbocycles. The average Bonchev–Trinajstić information content (AvgIpc) is 2.16. The highest BCUT2D eigenvalue weighted by molar-refractivity contribution is 7.99. The standard InChI is InChI=1S/C10H18N2O2S/c13-3-1-9-7-15-4-2-12(9)10(14)8-5-11-6-8/h8-9,11,13H,1-7H2. The third kappa shape index (κ3) is 2.46. The number of thioether (sulfide) groups is 1. The molecule has 0 radical (unpaired) electrons. The summed E-state index contributed by atoms with van der Waals surface area (Å²) in [5.41, 5.74) is 0. The van der Waals surface area contributed by atoms with Gasteiger partial charge in [0.2, 0.25) is 5.91 Å². The van der Waals surface area contributed by atoms with Crippen molar-refractivity contribution in [2.24, 2.45) is 5.92 Å². The van der Waals surface area contributed by atoms with Crippen LogP contribution in [0.25, 0.3) is 0 Å². The van der Waals surface area contributed by atoms with Crippen molar-refractivity contribution in [2.75, 3.05) is 37.7 Å². The quantitative estimate of drug-likeness (QED) is 0.688. The molecule has 0 bridgehead atoms. The summed E-state index contributed by atoms with van der Waals surface area (Å²) >= 11 is 1.88. The van der Waals surface area contributed by atoms with E-state index in [1.807, 2.05) is 16.7 Å². The molecular formula is C10H18N2O2S. The van der Waals surface area contributed by atoms with Crippen molar-refractivity contribution in [3.63, 3.8) is 0 Å². The molecule has 0 aromatic rings. The number of carbonyl (C=O) groups is 1. The Bertz CT molecular complexity index is 231. The molecule has 86 valence electrons. The first-order valence-electron chi connectivity index (χ1n) is 5.52. The van der Waals surface area contributed by atoms with Gasteiger partial charge in [0.25, 0.3) is 0 Å². The summed E-state index contributed by atoms with van der Waals surface area (Å²) in [5.74, 6) is 2.49. The van der Waals surface area contributed by atoms with E-state index in [0.717, 1.165) is 37.6 Å². The molecule has 2 saturated heterocycles. The molecule has 4 nitrogen and oxygen atoms in total. The van der Waals surface area contributed by atoms with E-state index in [9.17, 15) is 4.79 Å². The van der Waals surface area contributed by atoms with E-state index in [-0.39, 0.29) is 24.5 Å². The van der Waals surface area contributed by atoms with Crippen LogP contribution in [-0.4, -0.2) is 59.7 Å². The molecule has 0 spiro atoms. The van der Waals surface area contributed by atoms with Gasteiger partial charge in [0.1, 0.15) is 0 Å². The zero-order valence-electron chi connectivity index (χ0n) is 8.82. The molecule has 2 aliphatic heterocycles. The summed E-state index contributed by atoms with van der Waals surface area (Å²) in [6.07, 6.45) is 0.721. The zero-order chi connectivity index (χ0) is 10.7. The van der Waals surface area contributed by atoms with Gasteiger partial charge in [-0.05, 0) is 6.42 Å². The van der Waals surface area contributed by atoms with Crippen LogP contribution >= 0.6 is 11.8 Å². The Morgan fingerprint density at radius 2 is 2.33 bits per heavy atom. The minimum absolute atomic E-state index is 0.178. The minimum atomic E-state index is 0.178. The maximum atomic E-state index is 12.1. The lowest BCUT2D eigenvalue weighted by molar-refractivity contribution is -0.139. The van der Waals surface area contributed by atoms with Crippen LogP contribution < -0.4 is 5.32 Å². The SMILES string of the molecule is O=C(C1CNC1)N1CCSCC1CCO. The van der Waals surface area contributed by atoms with E-state index in [0.29, 0.717) is 0 Å². The fourth-order valence-corrected chi connectivity index (χ4v) is 3.14. The molecule has 0 saturated carbocycles. The first-order valence-corrected chi connectivity index (χ1v) is 6.68. The highest BCUT2D eigenvalue weighted by Gasteiger charge is 2.34. The Kier molecular flexibility index (Phi) is 3.88. The second kappa shape index (κ2) is 5.18. The first kappa shape index (κ1) is 11.2. The van der Waals surface area contributed by atoms with Gasteiger partial charge in [0.05, 0.1) is 5.92 Å². The van der Waals surface area contributed by atoms with E-state index in [4.69, 9.17) is 5.11 Å². The number of carbonyl (C=O) groups excluding carboxylic acids is 1. The largest absolute Gasteiger partial charge is 0.396 e. The molecule has 2 heterocycles. The van der Waals surface area contributed by atoms with Crippen LogP contribution in [0.1, 0.15) is 6.42 Å². The van der Waals surface area contributed by atoms with Crippen molar-refractivity contribution in [1.82, 2.24) is 10.2 Å². The van der Waals surface area contributed by atoms with Gasteiger partial charge in [-0.2, -0.15) is 11.8 Å². The van der Waals surface area contributed by atoms with Crippen LogP contribution in [0.4, 0.5) is 0 Å². The lowest BCUT2D eigenvalue weighted by Crippen LogP contribution is -2.56. The molecular weight excluding hydrogens is 212 g/mol. The molecule has 5 heteroatoms. The van der Waals surface area contributed by atoms with Crippen molar-refractivity contribution >= 4 is 17.7 Å². The highest BCUT2D eigenvalue weighted by Crippen LogP contribution is 2.21. The molecule has 1 amide bonds. The predicted octanol–water partition coefficient (Wildman–Crippen LogP) is -0.468. The second-order valence-electron chi connectivity index (χ2n) is 4.13. The van der Waals surface area contributed by atoms with Crippen molar-refractivity contribution in [3.8, 4) is 0 Å². The monoisotopic (exact) mass is 230 g/mol. The van der Waals surface area contributed by atoms with Crippen molar-refractivity contribution in [2.45, 2.75) is 12.5 Å². The Balaban J connectivity index is 1.93. The lowest BCUT2D eigenvalue weighted by Gasteiger charge is -2.39. The van der Waals surface area contributed by atoms with E-state index < -0.39 is 0 Å². The molecule has 2 aliphatic rings. The van der Waals surface area contributed by atoms with E-state index in [1.54, 1.807) is 0 Å². The number of nitrogens with one attached hydrogen (secondary N) is 1. The first-order chi connectivity index (χ1) is 7.33. The summed E-state index contributed by atoms with van der Waals surface area (Å²) in [4.78, 5) is 14.0. The molecule has 1 unspecified atom stereocenters. The van der Waals surface area contributed by atoms with Crippen LogP contribution in [0.5, 0.6) is 0 Å². The van der Waals surface area contributed by atoms with Crippen LogP contribution in [0.2, 0.25) is 0 Å². The van der Waals surface area contributed by atoms with Gasteiger partial charge in [-0.25, -0.2) is 0 Å². The van der Waals surface area contributed by atoms with Crippen LogP contribution in [0, 0.1) is 5.92 Å². The molecule has 2 rings (SSSR count). The van der Waals surface area contributed by atoms with Crippen LogP contribution in [-0.2, 0) is 4.79 Å². The minimum Gasteiger partial charge on any atom is -0.396 e. The predicted molar refractivity (Wildman–Crippen MR) is 60.9 cm³/mol. The molecule has 0 aromatic carbocycles. The third-order valence-electron chi connectivity index (χ3n) is 3.10. The number of rotatable bonds is 3. The molecule has 0 aromatic heterocycles. The van der Waals surface area contributed by atoms with Crippen molar-refractivity contribution in [3.05, 3.63) is 0 Å². The fraction of sp³-hybridized carbons (Fsp3) is 0.900. The van der Waals surface area contributed by atoms with Crippen LogP contribution in [0.3, 0.4) is 0 Å². The Morgan fingerprint density at radius 3 is 2.93 bits per heavy atom. The summed E-state index contributed by atoms with van der Waals surface area (Å²) in [6.45, 7) is 2.69. The average molecular weight is 230 g/mol. The zero-order valence-corrected chi connectivity index (χ0v) is 9.63. The Hall–Kier alpha value is -0.260. The summed E-state index contributed by atoms with van der Waals surface area (Å²) in [6, 6.07) is 0.252. The van der Waals surface area contributed by atoms with E-state index >= 15 is 0 Å². The smallest absolute Gasteiger partial charge is 0.228 e. The lowest BCUT2D eigenvalue weighted by atomic mass is 10.0. The van der Waals surface area contributed by atoms with Gasteiger partial charge in [-0.3, -0.25) is 4.79 Å². The van der Waals surface area contributed by atoms with Gasteiger partial charge in [-0.1, -0.05) is 0 Å². The maximum Gasteiger partial charge on any atom is 0.228 e. The topological polar surface area (TPSA) is 52.6 Å².